The molecule has 0 spiro atoms. The number of carbonyl (C=O) groups excluding carboxylic acids is 1. The van der Waals surface area contributed by atoms with Crippen molar-refractivity contribution >= 4 is 46.5 Å². The van der Waals surface area contributed by atoms with Crippen molar-refractivity contribution in [2.45, 2.75) is 32.4 Å². The molecule has 3 heterocycles. The van der Waals surface area contributed by atoms with Crippen molar-refractivity contribution in [1.29, 1.82) is 0 Å². The lowest BCUT2D eigenvalue weighted by Gasteiger charge is -2.28. The van der Waals surface area contributed by atoms with Crippen LogP contribution in [0.5, 0.6) is 0 Å². The number of methoxy groups -OCH3 is 1. The number of aromatic nitrogens is 2. The number of carbonyl (C=O) groups is 1. The number of hydrogen-bond acceptors (Lipinski definition) is 4. The fourth-order valence-corrected chi connectivity index (χ4v) is 5.24. The first-order valence-electron chi connectivity index (χ1n) is 10.5. The molecule has 33 heavy (non-hydrogen) atoms. The van der Waals surface area contributed by atoms with Gasteiger partial charge in [-0.1, -0.05) is 29.3 Å². The summed E-state index contributed by atoms with van der Waals surface area (Å²) in [5, 5.41) is 5.15. The second-order valence-corrected chi connectivity index (χ2v) is 9.13. The summed E-state index contributed by atoms with van der Waals surface area (Å²) in [6.45, 7) is 4.52. The molecule has 3 aromatic rings. The van der Waals surface area contributed by atoms with Crippen molar-refractivity contribution in [3.8, 4) is 5.69 Å². The van der Waals surface area contributed by atoms with Crippen LogP contribution >= 0.6 is 35.4 Å². The van der Waals surface area contributed by atoms with Gasteiger partial charge in [0.05, 0.1) is 42.0 Å². The number of nitrogens with one attached hydrogen (secondary N) is 1. The van der Waals surface area contributed by atoms with Crippen LogP contribution < -0.4 is 5.32 Å². The second kappa shape index (κ2) is 9.71. The first-order chi connectivity index (χ1) is 15.8. The van der Waals surface area contributed by atoms with E-state index in [-0.39, 0.29) is 24.5 Å². The zero-order chi connectivity index (χ0) is 23.7. The van der Waals surface area contributed by atoms with Crippen molar-refractivity contribution in [3.05, 3.63) is 81.4 Å². The van der Waals surface area contributed by atoms with E-state index in [4.69, 9.17) is 40.2 Å². The summed E-state index contributed by atoms with van der Waals surface area (Å²) in [5.41, 5.74) is 4.85. The lowest BCUT2D eigenvalue weighted by atomic mass is 9.96. The van der Waals surface area contributed by atoms with Crippen molar-refractivity contribution in [2.24, 2.45) is 0 Å². The summed E-state index contributed by atoms with van der Waals surface area (Å²) in [6, 6.07) is 13.1. The Balaban J connectivity index is 1.81. The van der Waals surface area contributed by atoms with Gasteiger partial charge in [0.1, 0.15) is 0 Å². The minimum Gasteiger partial charge on any atom is -0.469 e. The molecule has 0 aliphatic carbocycles. The van der Waals surface area contributed by atoms with Crippen LogP contribution in [0.3, 0.4) is 0 Å². The maximum atomic E-state index is 11.9. The summed E-state index contributed by atoms with van der Waals surface area (Å²) >= 11 is 18.3. The van der Waals surface area contributed by atoms with Crippen LogP contribution in [-0.2, 0) is 9.53 Å². The van der Waals surface area contributed by atoms with Crippen LogP contribution in [-0.4, -0.2) is 39.2 Å². The molecule has 1 fully saturated rings. The predicted octanol–water partition coefficient (Wildman–Crippen LogP) is 5.33. The van der Waals surface area contributed by atoms with Crippen LogP contribution in [0.25, 0.3) is 5.69 Å². The predicted molar refractivity (Wildman–Crippen MR) is 134 cm³/mol. The molecular formula is C24H24Cl2N4O2S. The molecular weight excluding hydrogens is 479 g/mol. The third kappa shape index (κ3) is 4.58. The Kier molecular flexibility index (Phi) is 6.93. The first-order valence-corrected chi connectivity index (χ1v) is 11.7. The highest BCUT2D eigenvalue weighted by Gasteiger charge is 2.41. The van der Waals surface area contributed by atoms with Gasteiger partial charge in [-0.05, 0) is 68.0 Å². The molecule has 1 saturated heterocycles. The SMILES string of the molecule is COC(=O)CCN1C(=S)N[C@@H](c2ccccn2)[C@H]1c1cc(C)n(-c2ccc(Cl)cc2Cl)c1C. The van der Waals surface area contributed by atoms with Crippen LogP contribution in [0.4, 0.5) is 0 Å². The summed E-state index contributed by atoms with van der Waals surface area (Å²) in [5.74, 6) is -0.281. The van der Waals surface area contributed by atoms with Crippen LogP contribution in [0, 0.1) is 13.8 Å². The second-order valence-electron chi connectivity index (χ2n) is 7.90. The number of rotatable bonds is 6. The number of benzene rings is 1. The Morgan fingerprint density at radius 2 is 2.00 bits per heavy atom. The molecule has 2 aromatic heterocycles. The lowest BCUT2D eigenvalue weighted by molar-refractivity contribution is -0.140. The largest absolute Gasteiger partial charge is 0.469 e. The van der Waals surface area contributed by atoms with Crippen molar-refractivity contribution in [3.63, 3.8) is 0 Å². The third-order valence-corrected chi connectivity index (χ3v) is 6.81. The number of nitrogens with zero attached hydrogens (tertiary/aromatic N) is 3. The monoisotopic (exact) mass is 502 g/mol. The van der Waals surface area contributed by atoms with Gasteiger partial charge in [-0.25, -0.2) is 0 Å². The highest BCUT2D eigenvalue weighted by atomic mass is 35.5. The summed E-state index contributed by atoms with van der Waals surface area (Å²) in [6.07, 6.45) is 2.00. The topological polar surface area (TPSA) is 59.4 Å². The fourth-order valence-electron chi connectivity index (χ4n) is 4.42. The Morgan fingerprint density at radius 1 is 1.21 bits per heavy atom. The van der Waals surface area contributed by atoms with Crippen LogP contribution in [0.15, 0.2) is 48.7 Å². The Bertz CT molecular complexity index is 1200. The maximum Gasteiger partial charge on any atom is 0.307 e. The summed E-state index contributed by atoms with van der Waals surface area (Å²) < 4.78 is 6.97. The number of esters is 1. The van der Waals surface area contributed by atoms with Gasteiger partial charge < -0.3 is 19.5 Å². The molecule has 0 bridgehead atoms. The molecule has 4 rings (SSSR count). The highest BCUT2D eigenvalue weighted by molar-refractivity contribution is 7.80. The van der Waals surface area contributed by atoms with Gasteiger partial charge in [-0.3, -0.25) is 9.78 Å². The smallest absolute Gasteiger partial charge is 0.307 e. The van der Waals surface area contributed by atoms with Crippen LogP contribution in [0.2, 0.25) is 10.0 Å². The zero-order valence-corrected chi connectivity index (χ0v) is 20.8. The Labute approximate surface area is 208 Å². The zero-order valence-electron chi connectivity index (χ0n) is 18.5. The molecule has 1 aromatic carbocycles. The van der Waals surface area contributed by atoms with Gasteiger partial charge in [0.15, 0.2) is 5.11 Å². The van der Waals surface area contributed by atoms with E-state index in [2.05, 4.69) is 27.9 Å². The number of thiocarbonyl (C=S) groups is 1. The number of halogens is 2. The van der Waals surface area contributed by atoms with Crippen molar-refractivity contribution in [2.75, 3.05) is 13.7 Å². The third-order valence-electron chi connectivity index (χ3n) is 5.92. The van der Waals surface area contributed by atoms with E-state index in [1.165, 1.54) is 7.11 Å². The number of aryl methyl sites for hydroxylation is 1. The van der Waals surface area contributed by atoms with Crippen molar-refractivity contribution < 1.29 is 9.53 Å². The van der Waals surface area contributed by atoms with E-state index in [1.807, 2.05) is 42.2 Å². The van der Waals surface area contributed by atoms with E-state index in [1.54, 1.807) is 12.3 Å². The molecule has 1 aliphatic rings. The van der Waals surface area contributed by atoms with E-state index in [0.717, 1.165) is 28.3 Å². The average molecular weight is 503 g/mol. The molecule has 1 aliphatic heterocycles. The van der Waals surface area contributed by atoms with Gasteiger partial charge >= 0.3 is 5.97 Å². The molecule has 1 N–H and O–H groups in total. The van der Waals surface area contributed by atoms with Gasteiger partial charge in [0.25, 0.3) is 0 Å². The molecule has 0 unspecified atom stereocenters. The lowest BCUT2D eigenvalue weighted by Crippen LogP contribution is -2.32. The van der Waals surface area contributed by atoms with Gasteiger partial charge in [0.2, 0.25) is 0 Å². The van der Waals surface area contributed by atoms with Gasteiger partial charge in [-0.15, -0.1) is 0 Å². The average Bonchev–Trinajstić information content (AvgIpc) is 3.28. The molecule has 0 radical (unpaired) electrons. The number of pyridine rings is 1. The van der Waals surface area contributed by atoms with E-state index >= 15 is 0 Å². The van der Waals surface area contributed by atoms with E-state index in [0.29, 0.717) is 21.7 Å². The highest BCUT2D eigenvalue weighted by Crippen LogP contribution is 2.42. The quantitative estimate of drug-likeness (QED) is 0.363. The van der Waals surface area contributed by atoms with Crippen molar-refractivity contribution in [1.82, 2.24) is 19.8 Å². The van der Waals surface area contributed by atoms with E-state index < -0.39 is 0 Å². The Morgan fingerprint density at radius 3 is 2.67 bits per heavy atom. The van der Waals surface area contributed by atoms with Gasteiger partial charge in [0, 0.05) is 29.2 Å². The number of ether oxygens (including phenoxy) is 1. The number of hydrogen-bond donors (Lipinski definition) is 1. The molecule has 6 nitrogen and oxygen atoms in total. The minimum absolute atomic E-state index is 0.164. The Hall–Kier alpha value is -2.61. The van der Waals surface area contributed by atoms with Crippen LogP contribution in [0.1, 0.15) is 41.1 Å². The summed E-state index contributed by atoms with van der Waals surface area (Å²) in [7, 11) is 1.39. The molecule has 2 atom stereocenters. The standard InChI is InChI=1S/C24H24Cl2N4O2S/c1-14-12-17(15(2)30(14)20-8-7-16(25)13-18(20)26)23-22(19-6-4-5-10-27-19)28-24(33)29(23)11-9-21(31)32-3/h4-8,10,12-13,22-23H,9,11H2,1-3H3,(H,28,33)/t22-,23+/m0/s1. The van der Waals surface area contributed by atoms with E-state index in [9.17, 15) is 4.79 Å². The maximum absolute atomic E-state index is 11.9. The minimum atomic E-state index is -0.281. The van der Waals surface area contributed by atoms with Gasteiger partial charge in [-0.2, -0.15) is 0 Å². The molecule has 0 saturated carbocycles. The molecule has 172 valence electrons. The first kappa shape index (κ1) is 23.5. The normalized spacial score (nSPS) is 17.8. The molecule has 9 heteroatoms. The summed E-state index contributed by atoms with van der Waals surface area (Å²) in [4.78, 5) is 18.5. The molecule has 0 amide bonds. The fraction of sp³-hybridized carbons (Fsp3) is 0.292.